The predicted molar refractivity (Wildman–Crippen MR) is 94.8 cm³/mol. The van der Waals surface area contributed by atoms with Gasteiger partial charge in [0.2, 0.25) is 11.8 Å². The van der Waals surface area contributed by atoms with E-state index in [0.717, 1.165) is 37.2 Å². The third kappa shape index (κ3) is 6.59. The van der Waals surface area contributed by atoms with E-state index in [1.807, 2.05) is 31.2 Å². The molecule has 0 bridgehead atoms. The van der Waals surface area contributed by atoms with Crippen LogP contribution in [0.25, 0.3) is 0 Å². The molecule has 1 aromatic rings. The number of carbonyl (C=O) groups excluding carboxylic acids is 2. The average Bonchev–Trinajstić information content (AvgIpc) is 2.47. The second kappa shape index (κ2) is 9.53. The van der Waals surface area contributed by atoms with Gasteiger partial charge in [0.05, 0.1) is 6.04 Å². The average molecular weight is 340 g/mol. The zero-order chi connectivity index (χ0) is 15.9. The first kappa shape index (κ1) is 19.5. The van der Waals surface area contributed by atoms with Gasteiger partial charge in [0.25, 0.3) is 0 Å². The quantitative estimate of drug-likeness (QED) is 0.772. The summed E-state index contributed by atoms with van der Waals surface area (Å²) in [6, 6.07) is 7.52. The van der Waals surface area contributed by atoms with Gasteiger partial charge in [-0.25, -0.2) is 0 Å². The molecule has 0 aliphatic carbocycles. The Bertz CT molecular complexity index is 530. The van der Waals surface area contributed by atoms with E-state index in [1.54, 1.807) is 0 Å². The van der Waals surface area contributed by atoms with Gasteiger partial charge in [-0.15, -0.1) is 12.4 Å². The number of amides is 2. The van der Waals surface area contributed by atoms with Gasteiger partial charge in [-0.2, -0.15) is 0 Å². The lowest BCUT2D eigenvalue weighted by atomic mass is 9.94. The second-order valence-electron chi connectivity index (χ2n) is 5.99. The minimum Gasteiger partial charge on any atom is -0.350 e. The van der Waals surface area contributed by atoms with Crippen LogP contribution >= 0.6 is 12.4 Å². The zero-order valence-electron chi connectivity index (χ0n) is 13.7. The first-order valence-corrected chi connectivity index (χ1v) is 7.92. The first-order chi connectivity index (χ1) is 10.5. The van der Waals surface area contributed by atoms with E-state index in [-0.39, 0.29) is 30.3 Å². The van der Waals surface area contributed by atoms with Crippen LogP contribution in [0.5, 0.6) is 0 Å². The van der Waals surface area contributed by atoms with Gasteiger partial charge < -0.3 is 16.0 Å². The highest BCUT2D eigenvalue weighted by molar-refractivity contribution is 5.88. The maximum Gasteiger partial charge on any atom is 0.221 e. The molecular weight excluding hydrogens is 314 g/mol. The van der Waals surface area contributed by atoms with Gasteiger partial charge in [-0.05, 0) is 56.5 Å². The molecule has 5 nitrogen and oxygen atoms in total. The highest BCUT2D eigenvalue weighted by Crippen LogP contribution is 2.19. The van der Waals surface area contributed by atoms with E-state index >= 15 is 0 Å². The monoisotopic (exact) mass is 339 g/mol. The molecule has 1 aliphatic rings. The van der Waals surface area contributed by atoms with Crippen LogP contribution in [0.4, 0.5) is 5.69 Å². The number of benzene rings is 1. The number of halogens is 1. The molecule has 3 N–H and O–H groups in total. The van der Waals surface area contributed by atoms with Gasteiger partial charge in [-0.3, -0.25) is 9.59 Å². The number of rotatable bonds is 5. The van der Waals surface area contributed by atoms with Crippen molar-refractivity contribution >= 4 is 29.9 Å². The molecule has 1 heterocycles. The van der Waals surface area contributed by atoms with E-state index in [2.05, 4.69) is 16.0 Å². The number of hydrogen-bond acceptors (Lipinski definition) is 3. The van der Waals surface area contributed by atoms with Crippen molar-refractivity contribution in [1.82, 2.24) is 10.6 Å². The minimum absolute atomic E-state index is 0. The summed E-state index contributed by atoms with van der Waals surface area (Å²) in [5.74, 6) is 0.489. The molecule has 0 spiro atoms. The molecule has 1 aromatic carbocycles. The Hall–Kier alpha value is -1.59. The van der Waals surface area contributed by atoms with Crippen LogP contribution in [0.3, 0.4) is 0 Å². The van der Waals surface area contributed by atoms with Crippen molar-refractivity contribution in [3.63, 3.8) is 0 Å². The summed E-state index contributed by atoms with van der Waals surface area (Å²) in [5, 5.41) is 9.12. The third-order valence-corrected chi connectivity index (χ3v) is 4.02. The first-order valence-electron chi connectivity index (χ1n) is 7.92. The van der Waals surface area contributed by atoms with Crippen LogP contribution < -0.4 is 16.0 Å². The van der Waals surface area contributed by atoms with Gasteiger partial charge >= 0.3 is 0 Å². The summed E-state index contributed by atoms with van der Waals surface area (Å²) in [6.45, 7) is 5.46. The molecule has 0 saturated carbocycles. The Morgan fingerprint density at radius 1 is 1.30 bits per heavy atom. The number of anilines is 1. The van der Waals surface area contributed by atoms with E-state index in [1.165, 1.54) is 6.92 Å². The van der Waals surface area contributed by atoms with E-state index < -0.39 is 0 Å². The molecule has 0 aromatic heterocycles. The molecule has 1 unspecified atom stereocenters. The lowest BCUT2D eigenvalue weighted by Gasteiger charge is -2.23. The van der Waals surface area contributed by atoms with Gasteiger partial charge in [0.15, 0.2) is 0 Å². The van der Waals surface area contributed by atoms with Crippen molar-refractivity contribution in [3.05, 3.63) is 29.8 Å². The molecule has 2 rings (SSSR count). The molecule has 1 atom stereocenters. The molecule has 1 aliphatic heterocycles. The Kier molecular flexibility index (Phi) is 8.06. The Labute approximate surface area is 144 Å². The van der Waals surface area contributed by atoms with Crippen molar-refractivity contribution in [2.75, 3.05) is 18.4 Å². The smallest absolute Gasteiger partial charge is 0.221 e. The zero-order valence-corrected chi connectivity index (χ0v) is 14.5. The Morgan fingerprint density at radius 2 is 2.00 bits per heavy atom. The van der Waals surface area contributed by atoms with E-state index in [9.17, 15) is 9.59 Å². The van der Waals surface area contributed by atoms with E-state index in [4.69, 9.17) is 0 Å². The highest BCUT2D eigenvalue weighted by atomic mass is 35.5. The number of piperidine rings is 1. The lowest BCUT2D eigenvalue weighted by molar-refractivity contribution is -0.122. The highest BCUT2D eigenvalue weighted by Gasteiger charge is 2.18. The maximum atomic E-state index is 12.2. The standard InChI is InChI=1S/C17H25N3O2.ClH/c1-12(15-4-3-5-16(11-15)20-13(2)21)19-17(22)10-14-6-8-18-9-7-14;/h3-5,11-12,14,18H,6-10H2,1-2H3,(H,19,22)(H,20,21);1H. The summed E-state index contributed by atoms with van der Waals surface area (Å²) in [7, 11) is 0. The van der Waals surface area contributed by atoms with Crippen molar-refractivity contribution in [2.24, 2.45) is 5.92 Å². The molecule has 1 saturated heterocycles. The fourth-order valence-electron chi connectivity index (χ4n) is 2.82. The molecule has 1 fully saturated rings. The van der Waals surface area contributed by atoms with Gasteiger partial charge in [0, 0.05) is 19.0 Å². The lowest BCUT2D eigenvalue weighted by Crippen LogP contribution is -2.33. The van der Waals surface area contributed by atoms with Crippen LogP contribution in [0.15, 0.2) is 24.3 Å². The molecule has 2 amide bonds. The van der Waals surface area contributed by atoms with Crippen molar-refractivity contribution < 1.29 is 9.59 Å². The largest absolute Gasteiger partial charge is 0.350 e. The number of carbonyl (C=O) groups is 2. The predicted octanol–water partition coefficient (Wildman–Crippen LogP) is 2.63. The molecule has 6 heteroatoms. The van der Waals surface area contributed by atoms with Crippen LogP contribution in [-0.2, 0) is 9.59 Å². The SMILES string of the molecule is CC(=O)Nc1cccc(C(C)NC(=O)CC2CCNCC2)c1.Cl. The van der Waals surface area contributed by atoms with Crippen molar-refractivity contribution in [3.8, 4) is 0 Å². The Balaban J connectivity index is 0.00000264. The van der Waals surface area contributed by atoms with Crippen LogP contribution in [-0.4, -0.2) is 24.9 Å². The summed E-state index contributed by atoms with van der Waals surface area (Å²) in [5.41, 5.74) is 1.74. The number of hydrogen-bond donors (Lipinski definition) is 3. The van der Waals surface area contributed by atoms with Gasteiger partial charge in [-0.1, -0.05) is 12.1 Å². The Morgan fingerprint density at radius 3 is 2.65 bits per heavy atom. The summed E-state index contributed by atoms with van der Waals surface area (Å²) >= 11 is 0. The summed E-state index contributed by atoms with van der Waals surface area (Å²) in [6.07, 6.45) is 2.73. The topological polar surface area (TPSA) is 70.2 Å². The molecular formula is C17H26ClN3O2. The normalized spacial score (nSPS) is 16.1. The summed E-state index contributed by atoms with van der Waals surface area (Å²) < 4.78 is 0. The van der Waals surface area contributed by atoms with Crippen LogP contribution in [0, 0.1) is 5.92 Å². The molecule has 0 radical (unpaired) electrons. The number of nitrogens with one attached hydrogen (secondary N) is 3. The minimum atomic E-state index is -0.0975. The van der Waals surface area contributed by atoms with Crippen LogP contribution in [0.1, 0.15) is 44.7 Å². The van der Waals surface area contributed by atoms with Crippen LogP contribution in [0.2, 0.25) is 0 Å². The summed E-state index contributed by atoms with van der Waals surface area (Å²) in [4.78, 5) is 23.3. The fourth-order valence-corrected chi connectivity index (χ4v) is 2.82. The third-order valence-electron chi connectivity index (χ3n) is 4.02. The fraction of sp³-hybridized carbons (Fsp3) is 0.529. The van der Waals surface area contributed by atoms with E-state index in [0.29, 0.717) is 12.3 Å². The maximum absolute atomic E-state index is 12.2. The van der Waals surface area contributed by atoms with Crippen molar-refractivity contribution in [2.45, 2.75) is 39.2 Å². The molecule has 128 valence electrons. The molecule has 23 heavy (non-hydrogen) atoms. The van der Waals surface area contributed by atoms with Gasteiger partial charge in [0.1, 0.15) is 0 Å². The second-order valence-corrected chi connectivity index (χ2v) is 5.99. The van der Waals surface area contributed by atoms with Crippen molar-refractivity contribution in [1.29, 1.82) is 0 Å².